The molecule has 2 heterocycles. The van der Waals surface area contributed by atoms with E-state index in [-0.39, 0.29) is 17.9 Å². The van der Waals surface area contributed by atoms with Crippen LogP contribution in [0.2, 0.25) is 0 Å². The molecule has 8 heteroatoms. The van der Waals surface area contributed by atoms with Gasteiger partial charge in [0.1, 0.15) is 13.2 Å². The predicted octanol–water partition coefficient (Wildman–Crippen LogP) is 1.45. The molecule has 1 atom stereocenters. The Morgan fingerprint density at radius 1 is 1.17 bits per heavy atom. The molecule has 1 aromatic carbocycles. The highest BCUT2D eigenvalue weighted by Gasteiger charge is 2.19. The summed E-state index contributed by atoms with van der Waals surface area (Å²) in [6, 6.07) is 6.11. The van der Waals surface area contributed by atoms with Gasteiger partial charge in [0.25, 0.3) is 0 Å². The summed E-state index contributed by atoms with van der Waals surface area (Å²) in [6.07, 6.45) is 2.35. The molecule has 0 spiro atoms. The molecule has 23 heavy (non-hydrogen) atoms. The summed E-state index contributed by atoms with van der Waals surface area (Å²) < 4.78 is 42.6. The zero-order chi connectivity index (χ0) is 16.3. The number of furan rings is 1. The largest absolute Gasteiger partial charge is 0.486 e. The summed E-state index contributed by atoms with van der Waals surface area (Å²) in [5, 5.41) is 9.90. The van der Waals surface area contributed by atoms with E-state index in [4.69, 9.17) is 13.9 Å². The van der Waals surface area contributed by atoms with Crippen molar-refractivity contribution in [2.24, 2.45) is 0 Å². The van der Waals surface area contributed by atoms with E-state index < -0.39 is 16.1 Å². The van der Waals surface area contributed by atoms with Crippen LogP contribution in [-0.2, 0) is 10.0 Å². The van der Waals surface area contributed by atoms with E-state index >= 15 is 0 Å². The minimum Gasteiger partial charge on any atom is -0.486 e. The topological polar surface area (TPSA) is 98.0 Å². The van der Waals surface area contributed by atoms with E-state index in [0.717, 1.165) is 0 Å². The number of fused-ring (bicyclic) bond motifs is 1. The van der Waals surface area contributed by atoms with E-state index in [1.165, 1.54) is 24.7 Å². The molecule has 1 aromatic heterocycles. The number of sulfonamides is 1. The summed E-state index contributed by atoms with van der Waals surface area (Å²) >= 11 is 0. The van der Waals surface area contributed by atoms with Crippen molar-refractivity contribution < 1.29 is 27.4 Å². The van der Waals surface area contributed by atoms with Gasteiger partial charge >= 0.3 is 0 Å². The second kappa shape index (κ2) is 6.61. The van der Waals surface area contributed by atoms with Gasteiger partial charge in [-0.1, -0.05) is 0 Å². The molecule has 0 bridgehead atoms. The van der Waals surface area contributed by atoms with E-state index in [9.17, 15) is 13.5 Å². The average molecular weight is 339 g/mol. The van der Waals surface area contributed by atoms with Crippen molar-refractivity contribution in [3.8, 4) is 11.5 Å². The molecule has 0 aliphatic carbocycles. The molecule has 3 rings (SSSR count). The molecule has 7 nitrogen and oxygen atoms in total. The molecular formula is C15H17NO6S. The molecule has 0 saturated heterocycles. The number of nitrogens with one attached hydrogen (secondary N) is 1. The van der Waals surface area contributed by atoms with Gasteiger partial charge in [0, 0.05) is 18.2 Å². The van der Waals surface area contributed by atoms with E-state index in [2.05, 4.69) is 4.72 Å². The van der Waals surface area contributed by atoms with Crippen LogP contribution in [-0.4, -0.2) is 33.3 Å². The summed E-state index contributed by atoms with van der Waals surface area (Å²) in [4.78, 5) is 0.0968. The van der Waals surface area contributed by atoms with Crippen LogP contribution in [0.5, 0.6) is 11.5 Å². The zero-order valence-corrected chi connectivity index (χ0v) is 13.1. The lowest BCUT2D eigenvalue weighted by Gasteiger charge is -2.19. The SMILES string of the molecule is O=S(=O)(NCC[C@@H](O)c1ccoc1)c1ccc2c(c1)OCCO2. The Morgan fingerprint density at radius 2 is 1.96 bits per heavy atom. The molecule has 0 saturated carbocycles. The Hall–Kier alpha value is -2.03. The number of rotatable bonds is 6. The monoisotopic (exact) mass is 339 g/mol. The van der Waals surface area contributed by atoms with Crippen molar-refractivity contribution in [3.05, 3.63) is 42.4 Å². The fourth-order valence-corrected chi connectivity index (χ4v) is 3.30. The molecule has 124 valence electrons. The Balaban J connectivity index is 1.63. The smallest absolute Gasteiger partial charge is 0.240 e. The first-order chi connectivity index (χ1) is 11.1. The maximum Gasteiger partial charge on any atom is 0.240 e. The predicted molar refractivity (Wildman–Crippen MR) is 80.9 cm³/mol. The van der Waals surface area contributed by atoms with Crippen molar-refractivity contribution >= 4 is 10.0 Å². The van der Waals surface area contributed by atoms with Crippen LogP contribution in [0, 0.1) is 0 Å². The van der Waals surface area contributed by atoms with Crippen molar-refractivity contribution in [3.63, 3.8) is 0 Å². The summed E-state index contributed by atoms with van der Waals surface area (Å²) in [5.74, 6) is 0.947. The third kappa shape index (κ3) is 3.66. The first kappa shape index (κ1) is 15.9. The van der Waals surface area contributed by atoms with Crippen LogP contribution in [0.3, 0.4) is 0 Å². The molecule has 0 fully saturated rings. The lowest BCUT2D eigenvalue weighted by Crippen LogP contribution is -2.26. The quantitative estimate of drug-likeness (QED) is 0.827. The molecule has 2 N–H and O–H groups in total. The summed E-state index contributed by atoms with van der Waals surface area (Å²) in [6.45, 7) is 0.938. The van der Waals surface area contributed by atoms with Gasteiger partial charge in [-0.25, -0.2) is 13.1 Å². The van der Waals surface area contributed by atoms with Crippen LogP contribution in [0.15, 0.2) is 46.1 Å². The molecule has 2 aromatic rings. The minimum atomic E-state index is -3.68. The standard InChI is InChI=1S/C15H17NO6S/c17-13(11-4-6-20-10-11)3-5-16-23(18,19)12-1-2-14-15(9-12)22-8-7-21-14/h1-2,4,6,9-10,13,16-17H,3,5,7-8H2/t13-/m1/s1. The molecule has 1 aliphatic rings. The van der Waals surface area contributed by atoms with E-state index in [1.54, 1.807) is 12.1 Å². The Labute approximate surface area is 133 Å². The van der Waals surface area contributed by atoms with Crippen LogP contribution in [0.1, 0.15) is 18.1 Å². The normalized spacial score (nSPS) is 15.3. The van der Waals surface area contributed by atoms with Gasteiger partial charge in [0.15, 0.2) is 11.5 Å². The second-order valence-corrected chi connectivity index (χ2v) is 6.83. The van der Waals surface area contributed by atoms with Gasteiger partial charge in [-0.15, -0.1) is 0 Å². The Morgan fingerprint density at radius 3 is 2.70 bits per heavy atom. The fraction of sp³-hybridized carbons (Fsp3) is 0.333. The van der Waals surface area contributed by atoms with Crippen LogP contribution >= 0.6 is 0 Å². The number of aliphatic hydroxyl groups excluding tert-OH is 1. The average Bonchev–Trinajstić information content (AvgIpc) is 3.08. The second-order valence-electron chi connectivity index (χ2n) is 5.06. The van der Waals surface area contributed by atoms with Gasteiger partial charge in [-0.3, -0.25) is 0 Å². The molecule has 0 amide bonds. The summed E-state index contributed by atoms with van der Waals surface area (Å²) in [7, 11) is -3.68. The van der Waals surface area contributed by atoms with E-state index in [1.807, 2.05) is 0 Å². The molecule has 0 unspecified atom stereocenters. The maximum atomic E-state index is 12.3. The fourth-order valence-electron chi connectivity index (χ4n) is 2.24. The van der Waals surface area contributed by atoms with Gasteiger partial charge in [-0.05, 0) is 24.6 Å². The van der Waals surface area contributed by atoms with Crippen molar-refractivity contribution in [2.45, 2.75) is 17.4 Å². The first-order valence-electron chi connectivity index (χ1n) is 7.16. The number of hydrogen-bond donors (Lipinski definition) is 2. The zero-order valence-electron chi connectivity index (χ0n) is 12.3. The lowest BCUT2D eigenvalue weighted by molar-refractivity contribution is 0.168. The number of aliphatic hydroxyl groups is 1. The van der Waals surface area contributed by atoms with Gasteiger partial charge in [0.2, 0.25) is 10.0 Å². The highest BCUT2D eigenvalue weighted by molar-refractivity contribution is 7.89. The van der Waals surface area contributed by atoms with Crippen LogP contribution < -0.4 is 14.2 Å². The molecule has 0 radical (unpaired) electrons. The first-order valence-corrected chi connectivity index (χ1v) is 8.64. The van der Waals surface area contributed by atoms with Crippen LogP contribution in [0.4, 0.5) is 0 Å². The number of ether oxygens (including phenoxy) is 2. The number of hydrogen-bond acceptors (Lipinski definition) is 6. The lowest BCUT2D eigenvalue weighted by atomic mass is 10.1. The molecule has 1 aliphatic heterocycles. The third-order valence-electron chi connectivity index (χ3n) is 3.46. The van der Waals surface area contributed by atoms with Crippen molar-refractivity contribution in [2.75, 3.05) is 19.8 Å². The van der Waals surface area contributed by atoms with Crippen molar-refractivity contribution in [1.29, 1.82) is 0 Å². The van der Waals surface area contributed by atoms with Gasteiger partial charge in [-0.2, -0.15) is 0 Å². The van der Waals surface area contributed by atoms with Gasteiger partial charge < -0.3 is 19.0 Å². The summed E-state index contributed by atoms with van der Waals surface area (Å²) in [5.41, 5.74) is 0.614. The maximum absolute atomic E-state index is 12.3. The minimum absolute atomic E-state index is 0.0968. The van der Waals surface area contributed by atoms with Crippen LogP contribution in [0.25, 0.3) is 0 Å². The number of benzene rings is 1. The van der Waals surface area contributed by atoms with Gasteiger partial charge in [0.05, 0.1) is 23.5 Å². The third-order valence-corrected chi connectivity index (χ3v) is 4.92. The molecular weight excluding hydrogens is 322 g/mol. The Bertz CT molecular complexity index is 756. The van der Waals surface area contributed by atoms with E-state index in [0.29, 0.717) is 30.3 Å². The highest BCUT2D eigenvalue weighted by atomic mass is 32.2. The van der Waals surface area contributed by atoms with Crippen molar-refractivity contribution in [1.82, 2.24) is 4.72 Å². The highest BCUT2D eigenvalue weighted by Crippen LogP contribution is 2.32. The Kier molecular flexibility index (Phi) is 4.56.